The fourth-order valence-corrected chi connectivity index (χ4v) is 3.69. The van der Waals surface area contributed by atoms with Crippen molar-refractivity contribution in [2.45, 2.75) is 12.8 Å². The summed E-state index contributed by atoms with van der Waals surface area (Å²) in [5.41, 5.74) is 2.79. The molecular formula is C24H25N5O3. The van der Waals surface area contributed by atoms with Gasteiger partial charge in [0.1, 0.15) is 5.82 Å². The maximum Gasteiger partial charge on any atom is 0.276 e. The van der Waals surface area contributed by atoms with Crippen molar-refractivity contribution in [2.24, 2.45) is 5.92 Å². The maximum atomic E-state index is 12.9. The smallest absolute Gasteiger partial charge is 0.276 e. The number of hydrogen-bond donors (Lipinski definition) is 2. The second-order valence-corrected chi connectivity index (χ2v) is 8.03. The number of ether oxygens (including phenoxy) is 1. The number of para-hydroxylation sites is 1. The minimum atomic E-state index is -0.333. The van der Waals surface area contributed by atoms with Crippen molar-refractivity contribution < 1.29 is 14.3 Å². The predicted molar refractivity (Wildman–Crippen MR) is 122 cm³/mol. The van der Waals surface area contributed by atoms with Crippen LogP contribution in [0.1, 0.15) is 23.3 Å². The number of carbonyl (C=O) groups is 2. The van der Waals surface area contributed by atoms with Gasteiger partial charge in [0.25, 0.3) is 5.91 Å². The van der Waals surface area contributed by atoms with Crippen molar-refractivity contribution in [2.75, 3.05) is 41.8 Å². The van der Waals surface area contributed by atoms with Gasteiger partial charge in [-0.1, -0.05) is 18.2 Å². The molecule has 3 aromatic rings. The molecule has 2 amide bonds. The Morgan fingerprint density at radius 1 is 0.906 bits per heavy atom. The van der Waals surface area contributed by atoms with Crippen LogP contribution in [0.3, 0.4) is 0 Å². The fraction of sp³-hybridized carbons (Fsp3) is 0.292. The molecule has 1 aromatic heterocycles. The van der Waals surface area contributed by atoms with Crippen molar-refractivity contribution >= 4 is 29.0 Å². The molecule has 2 fully saturated rings. The minimum Gasteiger partial charge on any atom is -0.378 e. The van der Waals surface area contributed by atoms with E-state index in [0.717, 1.165) is 50.5 Å². The largest absolute Gasteiger partial charge is 0.378 e. The third-order valence-electron chi connectivity index (χ3n) is 5.64. The van der Waals surface area contributed by atoms with Gasteiger partial charge in [-0.25, -0.2) is 4.68 Å². The fourth-order valence-electron chi connectivity index (χ4n) is 3.69. The molecule has 2 aliphatic rings. The average Bonchev–Trinajstić information content (AvgIpc) is 3.61. The lowest BCUT2D eigenvalue weighted by Gasteiger charge is -2.28. The van der Waals surface area contributed by atoms with Gasteiger partial charge >= 0.3 is 0 Å². The molecule has 0 atom stereocenters. The lowest BCUT2D eigenvalue weighted by atomic mass is 10.2. The molecule has 8 nitrogen and oxygen atoms in total. The molecule has 1 saturated carbocycles. The van der Waals surface area contributed by atoms with Crippen LogP contribution in [-0.2, 0) is 9.53 Å². The molecule has 1 aliphatic carbocycles. The summed E-state index contributed by atoms with van der Waals surface area (Å²) in [4.78, 5) is 27.5. The van der Waals surface area contributed by atoms with Gasteiger partial charge in [0, 0.05) is 36.4 Å². The molecule has 0 bridgehead atoms. The Hall–Kier alpha value is -3.65. The van der Waals surface area contributed by atoms with E-state index in [0.29, 0.717) is 11.5 Å². The van der Waals surface area contributed by atoms with E-state index >= 15 is 0 Å². The van der Waals surface area contributed by atoms with Crippen LogP contribution >= 0.6 is 0 Å². The molecule has 0 spiro atoms. The number of nitrogens with one attached hydrogen (secondary N) is 2. The highest BCUT2D eigenvalue weighted by atomic mass is 16.5. The molecule has 2 heterocycles. The van der Waals surface area contributed by atoms with E-state index in [1.165, 1.54) is 0 Å². The zero-order chi connectivity index (χ0) is 21.9. The molecule has 32 heavy (non-hydrogen) atoms. The van der Waals surface area contributed by atoms with E-state index in [-0.39, 0.29) is 23.4 Å². The minimum absolute atomic E-state index is 0.0345. The zero-order valence-corrected chi connectivity index (χ0v) is 17.7. The highest BCUT2D eigenvalue weighted by Crippen LogP contribution is 2.30. The summed E-state index contributed by atoms with van der Waals surface area (Å²) in [6.07, 6.45) is 1.80. The summed E-state index contributed by atoms with van der Waals surface area (Å²) in [6.45, 7) is 3.17. The van der Waals surface area contributed by atoms with E-state index in [9.17, 15) is 9.59 Å². The Morgan fingerprint density at radius 2 is 1.62 bits per heavy atom. The van der Waals surface area contributed by atoms with Gasteiger partial charge in [0.2, 0.25) is 5.91 Å². The molecule has 0 radical (unpaired) electrons. The maximum absolute atomic E-state index is 12.9. The van der Waals surface area contributed by atoms with Gasteiger partial charge in [-0.2, -0.15) is 5.10 Å². The Labute approximate surface area is 186 Å². The number of benzene rings is 2. The van der Waals surface area contributed by atoms with Crippen LogP contribution < -0.4 is 15.5 Å². The van der Waals surface area contributed by atoms with Crippen LogP contribution in [0.25, 0.3) is 5.69 Å². The first-order chi connectivity index (χ1) is 15.7. The molecule has 164 valence electrons. The molecule has 1 aliphatic heterocycles. The quantitative estimate of drug-likeness (QED) is 0.625. The molecule has 1 saturated heterocycles. The number of aromatic nitrogens is 2. The first kappa shape index (κ1) is 20.3. The topological polar surface area (TPSA) is 88.5 Å². The van der Waals surface area contributed by atoms with E-state index in [1.807, 2.05) is 54.6 Å². The second-order valence-electron chi connectivity index (χ2n) is 8.03. The first-order valence-corrected chi connectivity index (χ1v) is 10.9. The van der Waals surface area contributed by atoms with Crippen LogP contribution in [0.4, 0.5) is 17.2 Å². The van der Waals surface area contributed by atoms with Gasteiger partial charge in [0.05, 0.1) is 18.9 Å². The molecule has 2 aromatic carbocycles. The van der Waals surface area contributed by atoms with Crippen molar-refractivity contribution in [1.82, 2.24) is 9.78 Å². The van der Waals surface area contributed by atoms with Gasteiger partial charge in [-0.3, -0.25) is 9.59 Å². The third kappa shape index (κ3) is 4.50. The number of rotatable bonds is 6. The van der Waals surface area contributed by atoms with Crippen molar-refractivity contribution in [3.05, 3.63) is 66.4 Å². The van der Waals surface area contributed by atoms with E-state index in [2.05, 4.69) is 20.6 Å². The van der Waals surface area contributed by atoms with Gasteiger partial charge in [0.15, 0.2) is 5.69 Å². The summed E-state index contributed by atoms with van der Waals surface area (Å²) in [5, 5.41) is 10.3. The molecular weight excluding hydrogens is 406 g/mol. The molecule has 0 unspecified atom stereocenters. The van der Waals surface area contributed by atoms with Crippen molar-refractivity contribution in [1.29, 1.82) is 0 Å². The SMILES string of the molecule is O=C(Nc1ccc(N2CCOCC2)cc1)c1cc(NC(=O)C2CC2)n(-c2ccccc2)n1. The van der Waals surface area contributed by atoms with Crippen LogP contribution in [0.15, 0.2) is 60.7 Å². The zero-order valence-electron chi connectivity index (χ0n) is 17.7. The lowest BCUT2D eigenvalue weighted by molar-refractivity contribution is -0.117. The second kappa shape index (κ2) is 8.84. The predicted octanol–water partition coefficient (Wildman–Crippen LogP) is 3.31. The monoisotopic (exact) mass is 431 g/mol. The first-order valence-electron chi connectivity index (χ1n) is 10.9. The van der Waals surface area contributed by atoms with Crippen LogP contribution in [0.2, 0.25) is 0 Å². The number of hydrogen-bond acceptors (Lipinski definition) is 5. The molecule has 2 N–H and O–H groups in total. The van der Waals surface area contributed by atoms with Crippen LogP contribution in [-0.4, -0.2) is 47.9 Å². The summed E-state index contributed by atoms with van der Waals surface area (Å²) in [5.74, 6) is 0.172. The Kier molecular flexibility index (Phi) is 5.60. The van der Waals surface area contributed by atoms with E-state index in [1.54, 1.807) is 10.7 Å². The lowest BCUT2D eigenvalue weighted by Crippen LogP contribution is -2.36. The average molecular weight is 431 g/mol. The Morgan fingerprint density at radius 3 is 2.31 bits per heavy atom. The van der Waals surface area contributed by atoms with Crippen LogP contribution in [0.5, 0.6) is 0 Å². The number of anilines is 3. The van der Waals surface area contributed by atoms with E-state index in [4.69, 9.17) is 4.74 Å². The number of morpholine rings is 1. The van der Waals surface area contributed by atoms with Gasteiger partial charge in [-0.05, 0) is 49.2 Å². The number of amides is 2. The highest BCUT2D eigenvalue weighted by molar-refractivity contribution is 6.04. The van der Waals surface area contributed by atoms with Crippen molar-refractivity contribution in [3.8, 4) is 5.69 Å². The van der Waals surface area contributed by atoms with E-state index < -0.39 is 0 Å². The normalized spacial score (nSPS) is 15.9. The number of nitrogens with zero attached hydrogens (tertiary/aromatic N) is 3. The summed E-state index contributed by atoms with van der Waals surface area (Å²) < 4.78 is 6.99. The Bertz CT molecular complexity index is 1100. The third-order valence-corrected chi connectivity index (χ3v) is 5.64. The van der Waals surface area contributed by atoms with Crippen molar-refractivity contribution in [3.63, 3.8) is 0 Å². The molecule has 5 rings (SSSR count). The number of carbonyl (C=O) groups excluding carboxylic acids is 2. The van der Waals surface area contributed by atoms with Gasteiger partial charge < -0.3 is 20.3 Å². The summed E-state index contributed by atoms with van der Waals surface area (Å²) in [7, 11) is 0. The molecule has 8 heteroatoms. The summed E-state index contributed by atoms with van der Waals surface area (Å²) in [6, 6.07) is 18.8. The van der Waals surface area contributed by atoms with Gasteiger partial charge in [-0.15, -0.1) is 0 Å². The standard InChI is InChI=1S/C24H25N5O3/c30-23(17-6-7-17)26-22-16-21(27-29(22)20-4-2-1-3-5-20)24(31)25-18-8-10-19(11-9-18)28-12-14-32-15-13-28/h1-5,8-11,16-17H,6-7,12-15H2,(H,25,31)(H,26,30). The Balaban J connectivity index is 1.33. The highest BCUT2D eigenvalue weighted by Gasteiger charge is 2.30. The summed E-state index contributed by atoms with van der Waals surface area (Å²) >= 11 is 0. The van der Waals surface area contributed by atoms with Crippen LogP contribution in [0, 0.1) is 5.92 Å².